The summed E-state index contributed by atoms with van der Waals surface area (Å²) in [6, 6.07) is 3.94. The number of hydrogen-bond donors (Lipinski definition) is 2. The highest BCUT2D eigenvalue weighted by Gasteiger charge is 2.25. The summed E-state index contributed by atoms with van der Waals surface area (Å²) >= 11 is 10.4. The highest BCUT2D eigenvalue weighted by Crippen LogP contribution is 2.34. The van der Waals surface area contributed by atoms with E-state index >= 15 is 0 Å². The Morgan fingerprint density at radius 1 is 1.24 bits per heavy atom. The van der Waals surface area contributed by atoms with Crippen molar-refractivity contribution in [3.8, 4) is 0 Å². The van der Waals surface area contributed by atoms with Gasteiger partial charge in [-0.25, -0.2) is 0 Å². The van der Waals surface area contributed by atoms with E-state index in [4.69, 9.17) is 0 Å². The summed E-state index contributed by atoms with van der Waals surface area (Å²) in [5.74, 6) is 0.197. The van der Waals surface area contributed by atoms with Gasteiger partial charge in [0.2, 0.25) is 0 Å². The fourth-order valence-corrected chi connectivity index (χ4v) is 3.72. The van der Waals surface area contributed by atoms with Crippen LogP contribution in [0.25, 0.3) is 0 Å². The van der Waals surface area contributed by atoms with Crippen molar-refractivity contribution in [2.75, 3.05) is 11.9 Å². The molecule has 96 valence electrons. The van der Waals surface area contributed by atoms with Gasteiger partial charge in [0.15, 0.2) is 0 Å². The topological polar surface area (TPSA) is 32.3 Å². The second kappa shape index (κ2) is 6.04. The molecule has 2 N–H and O–H groups in total. The van der Waals surface area contributed by atoms with Gasteiger partial charge in [0.25, 0.3) is 0 Å². The Kier molecular flexibility index (Phi) is 5.50. The number of rotatable bonds is 4. The number of aliphatic hydroxyl groups is 1. The Bertz CT molecular complexity index is 382. The number of halogens is 3. The first kappa shape index (κ1) is 15.5. The van der Waals surface area contributed by atoms with Gasteiger partial charge in [-0.05, 0) is 56.8 Å². The Hall–Kier alpha value is 0.420. The fourth-order valence-electron chi connectivity index (χ4n) is 1.18. The van der Waals surface area contributed by atoms with Crippen LogP contribution in [-0.2, 0) is 0 Å². The molecule has 0 radical (unpaired) electrons. The van der Waals surface area contributed by atoms with E-state index in [1.807, 2.05) is 32.9 Å². The molecule has 2 nitrogen and oxygen atoms in total. The maximum absolute atomic E-state index is 10.2. The van der Waals surface area contributed by atoms with Crippen LogP contribution in [0.15, 0.2) is 25.6 Å². The van der Waals surface area contributed by atoms with Gasteiger partial charge in [-0.15, -0.1) is 0 Å². The fraction of sp³-hybridized carbons (Fsp3) is 0.500. The number of nitrogens with one attached hydrogen (secondary N) is 1. The van der Waals surface area contributed by atoms with Crippen molar-refractivity contribution < 1.29 is 5.11 Å². The molecular formula is C12H16Br3NO. The molecule has 1 aromatic rings. The second-order valence-electron chi connectivity index (χ2n) is 4.61. The molecule has 0 bridgehead atoms. The molecule has 5 heteroatoms. The lowest BCUT2D eigenvalue weighted by molar-refractivity contribution is 0.0266. The van der Waals surface area contributed by atoms with Crippen molar-refractivity contribution in [3.05, 3.63) is 25.6 Å². The second-order valence-corrected chi connectivity index (χ2v) is 7.23. The maximum atomic E-state index is 10.2. The lowest BCUT2D eigenvalue weighted by atomic mass is 9.92. The summed E-state index contributed by atoms with van der Waals surface area (Å²) in [5.41, 5.74) is 0.223. The monoisotopic (exact) mass is 427 g/mol. The molecule has 1 rings (SSSR count). The molecular weight excluding hydrogens is 414 g/mol. The first-order valence-corrected chi connectivity index (χ1v) is 7.72. The van der Waals surface area contributed by atoms with Crippen molar-refractivity contribution in [3.63, 3.8) is 0 Å². The van der Waals surface area contributed by atoms with Crippen LogP contribution in [0.3, 0.4) is 0 Å². The van der Waals surface area contributed by atoms with Gasteiger partial charge in [-0.2, -0.15) is 0 Å². The maximum Gasteiger partial charge on any atom is 0.0814 e. The van der Waals surface area contributed by atoms with Gasteiger partial charge < -0.3 is 10.4 Å². The predicted octanol–water partition coefficient (Wildman–Crippen LogP) is 4.79. The van der Waals surface area contributed by atoms with Crippen LogP contribution in [0, 0.1) is 5.92 Å². The van der Waals surface area contributed by atoms with Crippen LogP contribution in [0.2, 0.25) is 0 Å². The Morgan fingerprint density at radius 2 is 1.71 bits per heavy atom. The van der Waals surface area contributed by atoms with Crippen LogP contribution in [0.5, 0.6) is 0 Å². The van der Waals surface area contributed by atoms with Crippen LogP contribution in [0.4, 0.5) is 5.69 Å². The molecule has 0 fully saturated rings. The van der Waals surface area contributed by atoms with E-state index in [-0.39, 0.29) is 5.92 Å². The van der Waals surface area contributed by atoms with Gasteiger partial charge in [0.05, 0.1) is 11.3 Å². The molecule has 0 aromatic heterocycles. The smallest absolute Gasteiger partial charge is 0.0814 e. The minimum atomic E-state index is -0.730. The summed E-state index contributed by atoms with van der Waals surface area (Å²) in [6.45, 7) is 6.36. The third kappa shape index (κ3) is 4.23. The van der Waals surface area contributed by atoms with Crippen LogP contribution < -0.4 is 5.32 Å². The molecule has 0 saturated heterocycles. The van der Waals surface area contributed by atoms with Crippen LogP contribution >= 0.6 is 47.8 Å². The SMILES string of the molecule is CC(C)C(C)(O)CNc1c(Br)cc(Br)cc1Br. The average molecular weight is 430 g/mol. The third-order valence-electron chi connectivity index (χ3n) is 2.87. The van der Waals surface area contributed by atoms with E-state index < -0.39 is 5.60 Å². The number of hydrogen-bond acceptors (Lipinski definition) is 2. The Balaban J connectivity index is 2.83. The van der Waals surface area contributed by atoms with Gasteiger partial charge in [0, 0.05) is 20.0 Å². The van der Waals surface area contributed by atoms with Crippen molar-refractivity contribution >= 4 is 53.5 Å². The van der Waals surface area contributed by atoms with E-state index in [0.717, 1.165) is 19.1 Å². The molecule has 0 amide bonds. The minimum absolute atomic E-state index is 0.197. The molecule has 1 atom stereocenters. The zero-order valence-corrected chi connectivity index (χ0v) is 14.8. The van der Waals surface area contributed by atoms with Crippen molar-refractivity contribution in [1.29, 1.82) is 0 Å². The molecule has 0 saturated carbocycles. The Morgan fingerprint density at radius 3 is 2.12 bits per heavy atom. The highest BCUT2D eigenvalue weighted by atomic mass is 79.9. The molecule has 17 heavy (non-hydrogen) atoms. The van der Waals surface area contributed by atoms with E-state index in [1.165, 1.54) is 0 Å². The summed E-state index contributed by atoms with van der Waals surface area (Å²) < 4.78 is 2.91. The number of benzene rings is 1. The molecule has 0 aliphatic rings. The van der Waals surface area contributed by atoms with Crippen molar-refractivity contribution in [2.24, 2.45) is 5.92 Å². The van der Waals surface area contributed by atoms with Gasteiger partial charge >= 0.3 is 0 Å². The van der Waals surface area contributed by atoms with E-state index in [1.54, 1.807) is 0 Å². The van der Waals surface area contributed by atoms with Crippen molar-refractivity contribution in [1.82, 2.24) is 0 Å². The molecule has 0 aliphatic heterocycles. The normalized spacial score (nSPS) is 14.8. The molecule has 1 unspecified atom stereocenters. The van der Waals surface area contributed by atoms with E-state index in [2.05, 4.69) is 53.1 Å². The lowest BCUT2D eigenvalue weighted by Crippen LogP contribution is -2.38. The highest BCUT2D eigenvalue weighted by molar-refractivity contribution is 9.11. The van der Waals surface area contributed by atoms with Crippen molar-refractivity contribution in [2.45, 2.75) is 26.4 Å². The summed E-state index contributed by atoms with van der Waals surface area (Å²) in [5, 5.41) is 13.5. The minimum Gasteiger partial charge on any atom is -0.388 e. The summed E-state index contributed by atoms with van der Waals surface area (Å²) in [4.78, 5) is 0. The Labute approximate surface area is 128 Å². The van der Waals surface area contributed by atoms with Gasteiger partial charge in [-0.3, -0.25) is 0 Å². The van der Waals surface area contributed by atoms with E-state index in [9.17, 15) is 5.11 Å². The van der Waals surface area contributed by atoms with E-state index in [0.29, 0.717) is 6.54 Å². The zero-order valence-electron chi connectivity index (χ0n) is 10.0. The average Bonchev–Trinajstić information content (AvgIpc) is 2.15. The first-order valence-electron chi connectivity index (χ1n) is 5.35. The number of anilines is 1. The molecule has 0 heterocycles. The lowest BCUT2D eigenvalue weighted by Gasteiger charge is -2.28. The third-order valence-corrected chi connectivity index (χ3v) is 4.58. The van der Waals surface area contributed by atoms with Gasteiger partial charge in [-0.1, -0.05) is 29.8 Å². The predicted molar refractivity (Wildman–Crippen MR) is 83.5 cm³/mol. The largest absolute Gasteiger partial charge is 0.388 e. The molecule has 1 aromatic carbocycles. The summed E-state index contributed by atoms with van der Waals surface area (Å²) in [7, 11) is 0. The molecule has 0 aliphatic carbocycles. The van der Waals surface area contributed by atoms with Crippen LogP contribution in [-0.4, -0.2) is 17.3 Å². The first-order chi connectivity index (χ1) is 7.74. The van der Waals surface area contributed by atoms with Gasteiger partial charge in [0.1, 0.15) is 0 Å². The summed E-state index contributed by atoms with van der Waals surface area (Å²) in [6.07, 6.45) is 0. The quantitative estimate of drug-likeness (QED) is 0.721. The molecule has 0 spiro atoms. The zero-order chi connectivity index (χ0) is 13.2. The van der Waals surface area contributed by atoms with Crippen LogP contribution in [0.1, 0.15) is 20.8 Å². The standard InChI is InChI=1S/C12H16Br3NO/c1-7(2)12(3,17)6-16-11-9(14)4-8(13)5-10(11)15/h4-5,7,16-17H,6H2,1-3H3.